The van der Waals surface area contributed by atoms with Crippen molar-refractivity contribution in [2.75, 3.05) is 44.6 Å². The molecule has 0 aliphatic heterocycles. The van der Waals surface area contributed by atoms with E-state index < -0.39 is 9.84 Å². The van der Waals surface area contributed by atoms with E-state index in [9.17, 15) is 8.42 Å². The summed E-state index contributed by atoms with van der Waals surface area (Å²) in [7, 11) is 0.296. The van der Waals surface area contributed by atoms with Gasteiger partial charge in [0.05, 0.1) is 19.5 Å². The molecule has 7 nitrogen and oxygen atoms in total. The molecular formula is C15H26IN3O4S. The fourth-order valence-electron chi connectivity index (χ4n) is 1.88. The highest BCUT2D eigenvalue weighted by atomic mass is 127. The van der Waals surface area contributed by atoms with Crippen molar-refractivity contribution in [1.29, 1.82) is 0 Å². The van der Waals surface area contributed by atoms with Crippen molar-refractivity contribution >= 4 is 45.5 Å². The van der Waals surface area contributed by atoms with Crippen LogP contribution in [0.25, 0.3) is 0 Å². The van der Waals surface area contributed by atoms with Crippen LogP contribution in [0.1, 0.15) is 13.3 Å². The van der Waals surface area contributed by atoms with E-state index >= 15 is 0 Å². The lowest BCUT2D eigenvalue weighted by atomic mass is 10.2. The lowest BCUT2D eigenvalue weighted by Crippen LogP contribution is -2.32. The van der Waals surface area contributed by atoms with Crippen LogP contribution in [-0.4, -0.2) is 53.7 Å². The molecular weight excluding hydrogens is 445 g/mol. The molecule has 2 N–H and O–H groups in total. The Morgan fingerprint density at radius 2 is 2.00 bits per heavy atom. The highest BCUT2D eigenvalue weighted by Crippen LogP contribution is 2.30. The van der Waals surface area contributed by atoms with E-state index in [2.05, 4.69) is 15.6 Å². The van der Waals surface area contributed by atoms with Gasteiger partial charge in [-0.3, -0.25) is 4.99 Å². The van der Waals surface area contributed by atoms with E-state index in [1.807, 2.05) is 25.1 Å². The van der Waals surface area contributed by atoms with Crippen molar-refractivity contribution in [3.05, 3.63) is 18.2 Å². The predicted molar refractivity (Wildman–Crippen MR) is 109 cm³/mol. The van der Waals surface area contributed by atoms with Gasteiger partial charge >= 0.3 is 0 Å². The molecule has 0 heterocycles. The summed E-state index contributed by atoms with van der Waals surface area (Å²) >= 11 is 0. The van der Waals surface area contributed by atoms with Gasteiger partial charge in [0.15, 0.2) is 17.5 Å². The number of benzene rings is 1. The topological polar surface area (TPSA) is 89.0 Å². The third-order valence-corrected chi connectivity index (χ3v) is 3.96. The van der Waals surface area contributed by atoms with Gasteiger partial charge in [-0.2, -0.15) is 0 Å². The molecule has 138 valence electrons. The van der Waals surface area contributed by atoms with Crippen molar-refractivity contribution in [2.45, 2.75) is 13.3 Å². The fourth-order valence-corrected chi connectivity index (χ4v) is 2.55. The van der Waals surface area contributed by atoms with Crippen LogP contribution in [0.3, 0.4) is 0 Å². The van der Waals surface area contributed by atoms with Crippen LogP contribution in [0.5, 0.6) is 11.5 Å². The highest BCUT2D eigenvalue weighted by Gasteiger charge is 2.07. The average Bonchev–Trinajstić information content (AvgIpc) is 2.50. The molecule has 0 aliphatic carbocycles. The number of methoxy groups -OCH3 is 1. The van der Waals surface area contributed by atoms with E-state index in [1.165, 1.54) is 6.26 Å². The average molecular weight is 471 g/mol. The molecule has 0 saturated carbocycles. The number of hydrogen-bond acceptors (Lipinski definition) is 5. The van der Waals surface area contributed by atoms with Crippen LogP contribution in [-0.2, 0) is 9.84 Å². The first-order valence-electron chi connectivity index (χ1n) is 7.35. The maximum absolute atomic E-state index is 11.1. The number of halogens is 1. The quantitative estimate of drug-likeness (QED) is 0.262. The van der Waals surface area contributed by atoms with E-state index in [0.717, 1.165) is 5.69 Å². The Morgan fingerprint density at radius 1 is 1.29 bits per heavy atom. The second-order valence-corrected chi connectivity index (χ2v) is 7.17. The number of aliphatic imine (C=N–C) groups is 1. The zero-order valence-electron chi connectivity index (χ0n) is 14.5. The minimum Gasteiger partial charge on any atom is -0.493 e. The summed E-state index contributed by atoms with van der Waals surface area (Å²) in [6.45, 7) is 2.99. The van der Waals surface area contributed by atoms with Crippen LogP contribution in [0.2, 0.25) is 0 Å². The van der Waals surface area contributed by atoms with E-state index in [-0.39, 0.29) is 29.7 Å². The summed E-state index contributed by atoms with van der Waals surface area (Å²) in [6.07, 6.45) is 1.75. The van der Waals surface area contributed by atoms with Gasteiger partial charge in [0, 0.05) is 31.6 Å². The van der Waals surface area contributed by atoms with Crippen molar-refractivity contribution in [2.24, 2.45) is 4.99 Å². The number of ether oxygens (including phenoxy) is 2. The summed E-state index contributed by atoms with van der Waals surface area (Å²) in [5, 5.41) is 6.19. The van der Waals surface area contributed by atoms with Crippen molar-refractivity contribution in [1.82, 2.24) is 5.32 Å². The third kappa shape index (κ3) is 8.57. The van der Waals surface area contributed by atoms with Crippen LogP contribution in [0, 0.1) is 0 Å². The Balaban J connectivity index is 0.00000529. The number of rotatable bonds is 8. The number of sulfone groups is 1. The molecule has 1 aromatic rings. The van der Waals surface area contributed by atoms with Crippen molar-refractivity contribution in [3.63, 3.8) is 0 Å². The first-order valence-corrected chi connectivity index (χ1v) is 9.42. The van der Waals surface area contributed by atoms with E-state index in [1.54, 1.807) is 14.2 Å². The van der Waals surface area contributed by atoms with Gasteiger partial charge in [0.25, 0.3) is 0 Å². The van der Waals surface area contributed by atoms with Gasteiger partial charge in [0.1, 0.15) is 9.84 Å². The number of nitrogens with one attached hydrogen (secondary N) is 2. The van der Waals surface area contributed by atoms with Crippen LogP contribution >= 0.6 is 24.0 Å². The summed E-state index contributed by atoms with van der Waals surface area (Å²) in [5.74, 6) is 2.01. The van der Waals surface area contributed by atoms with E-state index in [4.69, 9.17) is 9.47 Å². The van der Waals surface area contributed by atoms with Crippen molar-refractivity contribution < 1.29 is 17.9 Å². The van der Waals surface area contributed by atoms with Gasteiger partial charge in [-0.1, -0.05) is 0 Å². The summed E-state index contributed by atoms with van der Waals surface area (Å²) in [4.78, 5) is 4.10. The minimum atomic E-state index is -2.94. The standard InChI is InChI=1S/C15H25N3O4S.HI/c1-5-22-13-8-7-12(11-14(13)21-3)18-15(16-2)17-9-6-10-23(4,19)20;/h7-8,11H,5-6,9-10H2,1-4H3,(H2,16,17,18);1H. The summed E-state index contributed by atoms with van der Waals surface area (Å²) < 4.78 is 33.0. The van der Waals surface area contributed by atoms with Crippen LogP contribution < -0.4 is 20.1 Å². The largest absolute Gasteiger partial charge is 0.493 e. The first-order chi connectivity index (χ1) is 10.9. The molecule has 0 aliphatic rings. The maximum atomic E-state index is 11.1. The zero-order valence-corrected chi connectivity index (χ0v) is 17.6. The van der Waals surface area contributed by atoms with Crippen LogP contribution in [0.4, 0.5) is 5.69 Å². The fraction of sp³-hybridized carbons (Fsp3) is 0.533. The van der Waals surface area contributed by atoms with Gasteiger partial charge in [-0.25, -0.2) is 8.42 Å². The molecule has 1 rings (SSSR count). The summed E-state index contributed by atoms with van der Waals surface area (Å²) in [6, 6.07) is 5.49. The first kappa shape index (κ1) is 22.8. The summed E-state index contributed by atoms with van der Waals surface area (Å²) in [5.41, 5.74) is 0.793. The van der Waals surface area contributed by atoms with Crippen LogP contribution in [0.15, 0.2) is 23.2 Å². The molecule has 0 aromatic heterocycles. The SMILES string of the molecule is CCOc1ccc(NC(=NC)NCCCS(C)(=O)=O)cc1OC.I. The molecule has 0 radical (unpaired) electrons. The van der Waals surface area contributed by atoms with E-state index in [0.29, 0.717) is 37.0 Å². The number of nitrogens with zero attached hydrogens (tertiary/aromatic N) is 1. The lowest BCUT2D eigenvalue weighted by molar-refractivity contribution is 0.311. The molecule has 0 amide bonds. The van der Waals surface area contributed by atoms with Gasteiger partial charge in [0.2, 0.25) is 0 Å². The Kier molecular flexibility index (Phi) is 10.8. The van der Waals surface area contributed by atoms with Gasteiger partial charge < -0.3 is 20.1 Å². The highest BCUT2D eigenvalue weighted by molar-refractivity contribution is 14.0. The molecule has 9 heteroatoms. The van der Waals surface area contributed by atoms with Gasteiger partial charge in [-0.15, -0.1) is 24.0 Å². The maximum Gasteiger partial charge on any atom is 0.195 e. The molecule has 1 aromatic carbocycles. The van der Waals surface area contributed by atoms with Crippen molar-refractivity contribution in [3.8, 4) is 11.5 Å². The monoisotopic (exact) mass is 471 g/mol. The number of hydrogen-bond donors (Lipinski definition) is 2. The molecule has 24 heavy (non-hydrogen) atoms. The zero-order chi connectivity index (χ0) is 17.3. The predicted octanol–water partition coefficient (Wildman–Crippen LogP) is 2.13. The number of anilines is 1. The van der Waals surface area contributed by atoms with Gasteiger partial charge in [-0.05, 0) is 25.5 Å². The second kappa shape index (κ2) is 11.3. The third-order valence-electron chi connectivity index (χ3n) is 2.93. The lowest BCUT2D eigenvalue weighted by Gasteiger charge is -2.14. The Morgan fingerprint density at radius 3 is 2.54 bits per heavy atom. The molecule has 0 spiro atoms. The smallest absolute Gasteiger partial charge is 0.195 e. The second-order valence-electron chi connectivity index (χ2n) is 4.91. The Hall–Kier alpha value is -1.23. The molecule has 0 bridgehead atoms. The molecule has 0 atom stereocenters. The molecule has 0 fully saturated rings. The minimum absolute atomic E-state index is 0. The molecule has 0 saturated heterocycles. The normalized spacial score (nSPS) is 11.4. The number of guanidine groups is 1. The molecule has 0 unspecified atom stereocenters. The Bertz CT molecular complexity index is 636. The Labute approximate surface area is 161 Å².